The number of rotatable bonds is 2. The van der Waals surface area contributed by atoms with E-state index in [0.717, 1.165) is 35.0 Å². The van der Waals surface area contributed by atoms with Gasteiger partial charge in [-0.15, -0.1) is 11.3 Å². The van der Waals surface area contributed by atoms with Crippen LogP contribution < -0.4 is 0 Å². The van der Waals surface area contributed by atoms with E-state index in [9.17, 15) is 4.79 Å². The number of amides is 1. The first kappa shape index (κ1) is 16.8. The summed E-state index contributed by atoms with van der Waals surface area (Å²) in [5, 5.41) is 0.986. The number of carbonyl (C=O) groups excluding carboxylic acids is 1. The van der Waals surface area contributed by atoms with Crippen LogP contribution in [0.1, 0.15) is 64.0 Å². The number of carbonyl (C=O) groups is 1. The van der Waals surface area contributed by atoms with Gasteiger partial charge in [0.15, 0.2) is 0 Å². The number of thiazole rings is 1. The molecule has 25 heavy (non-hydrogen) atoms. The van der Waals surface area contributed by atoms with E-state index in [0.29, 0.717) is 17.9 Å². The van der Waals surface area contributed by atoms with Crippen LogP contribution in [0, 0.1) is 19.8 Å². The molecule has 1 saturated carbocycles. The first-order valence-corrected chi connectivity index (χ1v) is 10.3. The van der Waals surface area contributed by atoms with Gasteiger partial charge in [0, 0.05) is 12.6 Å². The summed E-state index contributed by atoms with van der Waals surface area (Å²) >= 11 is 1.55. The molecule has 1 aromatic heterocycles. The Morgan fingerprint density at radius 3 is 2.60 bits per heavy atom. The molecule has 3 nitrogen and oxygen atoms in total. The molecule has 0 spiro atoms. The van der Waals surface area contributed by atoms with Crippen molar-refractivity contribution in [3.63, 3.8) is 0 Å². The Hall–Kier alpha value is -1.68. The third-order valence-corrected chi connectivity index (χ3v) is 7.03. The van der Waals surface area contributed by atoms with Crippen molar-refractivity contribution < 1.29 is 4.79 Å². The number of benzene rings is 1. The van der Waals surface area contributed by atoms with Crippen LogP contribution in [0.5, 0.6) is 0 Å². The summed E-state index contributed by atoms with van der Waals surface area (Å²) < 4.78 is 0. The highest BCUT2D eigenvalue weighted by Gasteiger charge is 2.42. The van der Waals surface area contributed by atoms with Gasteiger partial charge in [0.05, 0.1) is 10.7 Å². The molecule has 2 aliphatic rings. The summed E-state index contributed by atoms with van der Waals surface area (Å²) in [4.78, 5) is 20.7. The molecule has 1 aromatic carbocycles. The van der Waals surface area contributed by atoms with Crippen molar-refractivity contribution in [3.8, 4) is 0 Å². The first-order valence-electron chi connectivity index (χ1n) is 9.45. The van der Waals surface area contributed by atoms with Gasteiger partial charge in [-0.25, -0.2) is 4.98 Å². The number of hydrogen-bond donors (Lipinski definition) is 0. The fourth-order valence-corrected chi connectivity index (χ4v) is 5.76. The molecule has 1 amide bonds. The summed E-state index contributed by atoms with van der Waals surface area (Å²) in [7, 11) is 0. The zero-order chi connectivity index (χ0) is 17.4. The lowest BCUT2D eigenvalue weighted by Gasteiger charge is -2.48. The number of hydrogen-bond acceptors (Lipinski definition) is 3. The van der Waals surface area contributed by atoms with Crippen LogP contribution in [0.3, 0.4) is 0 Å². The van der Waals surface area contributed by atoms with Gasteiger partial charge in [-0.3, -0.25) is 4.79 Å². The Balaban J connectivity index is 1.61. The second-order valence-corrected chi connectivity index (χ2v) is 8.67. The molecule has 2 heterocycles. The maximum absolute atomic E-state index is 13.2. The van der Waals surface area contributed by atoms with Crippen molar-refractivity contribution in [3.05, 3.63) is 51.5 Å². The lowest BCUT2D eigenvalue weighted by atomic mass is 9.69. The van der Waals surface area contributed by atoms with Crippen molar-refractivity contribution in [2.24, 2.45) is 5.92 Å². The molecule has 0 radical (unpaired) electrons. The van der Waals surface area contributed by atoms with E-state index in [4.69, 9.17) is 0 Å². The molecule has 2 aromatic rings. The van der Waals surface area contributed by atoms with Gasteiger partial charge in [-0.1, -0.05) is 43.2 Å². The Morgan fingerprint density at radius 1 is 1.12 bits per heavy atom. The van der Waals surface area contributed by atoms with E-state index < -0.39 is 0 Å². The number of aromatic nitrogens is 1. The molecule has 4 rings (SSSR count). The molecule has 1 aliphatic heterocycles. The van der Waals surface area contributed by atoms with Crippen LogP contribution in [0.25, 0.3) is 0 Å². The fraction of sp³-hybridized carbons (Fsp3) is 0.524. The van der Waals surface area contributed by atoms with Crippen LogP contribution in [-0.2, 0) is 0 Å². The normalized spacial score (nSPS) is 26.3. The van der Waals surface area contributed by atoms with Gasteiger partial charge in [-0.2, -0.15) is 0 Å². The standard InChI is InChI=1S/C21H26N2OS/c1-14-20(25-15(2)22-14)21(24)23-13-12-17(16-8-4-3-5-9-16)18-10-6-7-11-19(18)23/h3-5,8-9,17-19H,6-7,10-13H2,1-2H3/t17-,18-,19-/m1/s1. The zero-order valence-electron chi connectivity index (χ0n) is 15.1. The predicted molar refractivity (Wildman–Crippen MR) is 102 cm³/mol. The molecular formula is C21H26N2OS. The van der Waals surface area contributed by atoms with E-state index in [1.54, 1.807) is 11.3 Å². The molecule has 0 unspecified atom stereocenters. The highest BCUT2D eigenvalue weighted by atomic mass is 32.1. The molecule has 1 saturated heterocycles. The summed E-state index contributed by atoms with van der Waals surface area (Å²) in [6, 6.07) is 11.3. The van der Waals surface area contributed by atoms with E-state index in [-0.39, 0.29) is 5.91 Å². The van der Waals surface area contributed by atoms with Crippen LogP contribution in [0.2, 0.25) is 0 Å². The summed E-state index contributed by atoms with van der Waals surface area (Å²) in [5.74, 6) is 1.41. The molecule has 3 atom stereocenters. The van der Waals surface area contributed by atoms with Gasteiger partial charge in [0.2, 0.25) is 0 Å². The van der Waals surface area contributed by atoms with E-state index in [1.165, 1.54) is 24.8 Å². The summed E-state index contributed by atoms with van der Waals surface area (Å²) in [6.45, 7) is 4.82. The smallest absolute Gasteiger partial charge is 0.266 e. The molecular weight excluding hydrogens is 328 g/mol. The Labute approximate surface area is 154 Å². The van der Waals surface area contributed by atoms with Gasteiger partial charge in [-0.05, 0) is 50.5 Å². The van der Waals surface area contributed by atoms with Crippen LogP contribution in [0.4, 0.5) is 0 Å². The Morgan fingerprint density at radius 2 is 1.88 bits per heavy atom. The van der Waals surface area contributed by atoms with Crippen molar-refractivity contribution in [1.29, 1.82) is 0 Å². The Kier molecular flexibility index (Phi) is 4.63. The number of aryl methyl sites for hydroxylation is 2. The molecule has 2 fully saturated rings. The lowest BCUT2D eigenvalue weighted by Crippen LogP contribution is -2.52. The SMILES string of the molecule is Cc1nc(C)c(C(=O)N2CC[C@H](c3ccccc3)[C@H]3CCCC[C@H]32)s1. The molecule has 132 valence electrons. The molecule has 4 heteroatoms. The van der Waals surface area contributed by atoms with Crippen molar-refractivity contribution in [2.75, 3.05) is 6.54 Å². The van der Waals surface area contributed by atoms with Crippen molar-refractivity contribution in [2.45, 2.75) is 57.9 Å². The minimum atomic E-state index is 0.214. The van der Waals surface area contributed by atoms with Crippen LogP contribution in [0.15, 0.2) is 30.3 Å². The second-order valence-electron chi connectivity index (χ2n) is 7.47. The second kappa shape index (κ2) is 6.91. The molecule has 1 aliphatic carbocycles. The minimum absolute atomic E-state index is 0.214. The largest absolute Gasteiger partial charge is 0.335 e. The van der Waals surface area contributed by atoms with E-state index in [2.05, 4.69) is 40.2 Å². The van der Waals surface area contributed by atoms with Gasteiger partial charge in [0.25, 0.3) is 5.91 Å². The average molecular weight is 355 g/mol. The van der Waals surface area contributed by atoms with Gasteiger partial charge in [0.1, 0.15) is 4.88 Å². The third-order valence-electron chi connectivity index (χ3n) is 5.97. The number of likely N-dealkylation sites (tertiary alicyclic amines) is 1. The van der Waals surface area contributed by atoms with Crippen LogP contribution in [-0.4, -0.2) is 28.4 Å². The Bertz CT molecular complexity index is 755. The fourth-order valence-electron chi connectivity index (χ4n) is 4.88. The third kappa shape index (κ3) is 3.12. The maximum Gasteiger partial charge on any atom is 0.266 e. The maximum atomic E-state index is 13.2. The highest BCUT2D eigenvalue weighted by Crippen LogP contribution is 2.44. The first-order chi connectivity index (χ1) is 12.1. The van der Waals surface area contributed by atoms with Gasteiger partial charge < -0.3 is 4.90 Å². The highest BCUT2D eigenvalue weighted by molar-refractivity contribution is 7.13. The number of nitrogens with zero attached hydrogens (tertiary/aromatic N) is 2. The van der Waals surface area contributed by atoms with E-state index >= 15 is 0 Å². The predicted octanol–water partition coefficient (Wildman–Crippen LogP) is 4.95. The number of fused-ring (bicyclic) bond motifs is 1. The quantitative estimate of drug-likeness (QED) is 0.764. The van der Waals surface area contributed by atoms with Gasteiger partial charge >= 0.3 is 0 Å². The van der Waals surface area contributed by atoms with Crippen molar-refractivity contribution >= 4 is 17.2 Å². The summed E-state index contributed by atoms with van der Waals surface area (Å²) in [5.41, 5.74) is 2.35. The minimum Gasteiger partial charge on any atom is -0.335 e. The van der Waals surface area contributed by atoms with E-state index in [1.807, 2.05) is 13.8 Å². The zero-order valence-corrected chi connectivity index (χ0v) is 15.9. The number of piperidine rings is 1. The lowest BCUT2D eigenvalue weighted by molar-refractivity contribution is 0.0322. The summed E-state index contributed by atoms with van der Waals surface area (Å²) in [6.07, 6.45) is 6.01. The molecule has 0 bridgehead atoms. The monoisotopic (exact) mass is 354 g/mol. The topological polar surface area (TPSA) is 33.2 Å². The van der Waals surface area contributed by atoms with Crippen LogP contribution >= 0.6 is 11.3 Å². The van der Waals surface area contributed by atoms with Crippen molar-refractivity contribution in [1.82, 2.24) is 9.88 Å². The molecule has 0 N–H and O–H groups in total. The average Bonchev–Trinajstić information content (AvgIpc) is 2.99.